The van der Waals surface area contributed by atoms with E-state index in [1.54, 1.807) is 0 Å². The van der Waals surface area contributed by atoms with Crippen molar-refractivity contribution < 1.29 is 14.3 Å². The Morgan fingerprint density at radius 3 is 2.57 bits per heavy atom. The topological polar surface area (TPSA) is 74.6 Å². The van der Waals surface area contributed by atoms with Gasteiger partial charge in [-0.25, -0.2) is 14.2 Å². The molecule has 2 aromatic rings. The van der Waals surface area contributed by atoms with Crippen LogP contribution in [0.25, 0.3) is 0 Å². The number of benzene rings is 1. The molecule has 1 aromatic heterocycles. The summed E-state index contributed by atoms with van der Waals surface area (Å²) in [5, 5.41) is 12.2. The number of nitrogens with one attached hydrogen (secondary N) is 1. The van der Waals surface area contributed by atoms with Crippen LogP contribution in [0.3, 0.4) is 0 Å². The Morgan fingerprint density at radius 2 is 1.96 bits per heavy atom. The van der Waals surface area contributed by atoms with E-state index in [9.17, 15) is 9.18 Å². The van der Waals surface area contributed by atoms with Crippen LogP contribution in [0.5, 0.6) is 0 Å². The fourth-order valence-electron chi connectivity index (χ4n) is 1.55. The molecule has 0 aliphatic heterocycles. The first kappa shape index (κ1) is 17.7. The second-order valence-electron chi connectivity index (χ2n) is 4.06. The molecule has 0 saturated heterocycles. The van der Waals surface area contributed by atoms with Crippen molar-refractivity contribution in [3.05, 3.63) is 55.5 Å². The van der Waals surface area contributed by atoms with E-state index >= 15 is 0 Å². The highest BCUT2D eigenvalue weighted by Crippen LogP contribution is 2.36. The number of anilines is 1. The van der Waals surface area contributed by atoms with Gasteiger partial charge in [0.25, 0.3) is 0 Å². The maximum absolute atomic E-state index is 13.6. The fraction of sp³-hybridized carbons (Fsp3) is 0. The lowest BCUT2D eigenvalue weighted by atomic mass is 10.2. The molecule has 0 unspecified atom stereocenters. The molecule has 0 bridgehead atoms. The van der Waals surface area contributed by atoms with Crippen LogP contribution >= 0.6 is 46.4 Å². The molecule has 5 nitrogen and oxygen atoms in total. The third-order valence-electron chi connectivity index (χ3n) is 2.61. The molecule has 0 aliphatic carbocycles. The average molecular weight is 397 g/mol. The number of aromatic carboxylic acids is 1. The molecule has 1 aromatic carbocycles. The molecule has 0 atom stereocenters. The van der Waals surface area contributed by atoms with Gasteiger partial charge in [0.1, 0.15) is 15.9 Å². The quantitative estimate of drug-likeness (QED) is 0.434. The first-order valence-electron chi connectivity index (χ1n) is 5.83. The second-order valence-corrected chi connectivity index (χ2v) is 5.59. The van der Waals surface area contributed by atoms with Gasteiger partial charge in [0.05, 0.1) is 16.9 Å². The van der Waals surface area contributed by atoms with E-state index in [0.717, 1.165) is 6.21 Å². The molecule has 23 heavy (non-hydrogen) atoms. The van der Waals surface area contributed by atoms with Gasteiger partial charge in [-0.15, -0.1) is 0 Å². The highest BCUT2D eigenvalue weighted by atomic mass is 35.5. The molecule has 1 heterocycles. The number of aromatic nitrogens is 1. The number of pyridine rings is 1. The SMILES string of the molecule is O=C(O)c1nc(Cl)c(Cl)c(N/N=C\c2c(F)cccc2Cl)c1Cl. The van der Waals surface area contributed by atoms with E-state index in [1.165, 1.54) is 18.2 Å². The Labute approximate surface area is 149 Å². The van der Waals surface area contributed by atoms with Crippen molar-refractivity contribution >= 4 is 64.3 Å². The van der Waals surface area contributed by atoms with Gasteiger partial charge in [0, 0.05) is 5.56 Å². The molecule has 0 saturated carbocycles. The molecule has 2 rings (SSSR count). The van der Waals surface area contributed by atoms with Crippen molar-refractivity contribution in [2.45, 2.75) is 0 Å². The van der Waals surface area contributed by atoms with Crippen LogP contribution in [0.1, 0.15) is 16.1 Å². The Kier molecular flexibility index (Phi) is 5.64. The molecule has 2 N–H and O–H groups in total. The number of halogens is 5. The van der Waals surface area contributed by atoms with Crippen molar-refractivity contribution in [2.75, 3.05) is 5.43 Å². The largest absolute Gasteiger partial charge is 0.476 e. The van der Waals surface area contributed by atoms with Crippen LogP contribution in [0.15, 0.2) is 23.3 Å². The van der Waals surface area contributed by atoms with E-state index in [0.29, 0.717) is 0 Å². The summed E-state index contributed by atoms with van der Waals surface area (Å²) in [5.74, 6) is -1.98. The van der Waals surface area contributed by atoms with Crippen LogP contribution in [0.4, 0.5) is 10.1 Å². The summed E-state index contributed by atoms with van der Waals surface area (Å²) in [6.45, 7) is 0. The van der Waals surface area contributed by atoms with E-state index in [2.05, 4.69) is 15.5 Å². The lowest BCUT2D eigenvalue weighted by molar-refractivity contribution is 0.0691. The zero-order chi connectivity index (χ0) is 17.1. The molecular formula is C13H6Cl4FN3O2. The van der Waals surface area contributed by atoms with E-state index in [4.69, 9.17) is 51.5 Å². The highest BCUT2D eigenvalue weighted by molar-refractivity contribution is 6.46. The summed E-state index contributed by atoms with van der Waals surface area (Å²) in [6.07, 6.45) is 1.10. The Balaban J connectivity index is 2.37. The molecule has 0 radical (unpaired) electrons. The number of carboxylic acid groups (broad SMARTS) is 1. The molecular weight excluding hydrogens is 391 g/mol. The van der Waals surface area contributed by atoms with Gasteiger partial charge in [0.2, 0.25) is 0 Å². The predicted octanol–water partition coefficient (Wildman–Crippen LogP) is 4.98. The van der Waals surface area contributed by atoms with E-state index in [-0.39, 0.29) is 31.5 Å². The number of carboxylic acids is 1. The number of hydrogen-bond acceptors (Lipinski definition) is 4. The van der Waals surface area contributed by atoms with Crippen molar-refractivity contribution in [3.8, 4) is 0 Å². The molecule has 10 heteroatoms. The Bertz CT molecular complexity index is 794. The van der Waals surface area contributed by atoms with Crippen LogP contribution in [-0.4, -0.2) is 22.3 Å². The number of hydrogen-bond donors (Lipinski definition) is 2. The van der Waals surface area contributed by atoms with Crippen molar-refractivity contribution in [3.63, 3.8) is 0 Å². The second kappa shape index (κ2) is 7.31. The highest BCUT2D eigenvalue weighted by Gasteiger charge is 2.20. The summed E-state index contributed by atoms with van der Waals surface area (Å²) in [5.41, 5.74) is 1.88. The minimum atomic E-state index is -1.39. The standard InChI is InChI=1S/C13H6Cl4FN3O2/c14-6-2-1-3-7(18)5(6)4-19-21-10-8(15)11(13(22)23)20-12(17)9(10)16/h1-4H,(H,20,21)(H,22,23)/b19-4-. The lowest BCUT2D eigenvalue weighted by Crippen LogP contribution is -2.05. The number of nitrogens with zero attached hydrogens (tertiary/aromatic N) is 2. The number of rotatable bonds is 4. The van der Waals surface area contributed by atoms with Crippen molar-refractivity contribution in [1.29, 1.82) is 0 Å². The molecule has 0 aliphatic rings. The van der Waals surface area contributed by atoms with Gasteiger partial charge in [0.15, 0.2) is 10.8 Å². The van der Waals surface area contributed by atoms with Gasteiger partial charge >= 0.3 is 5.97 Å². The fourth-order valence-corrected chi connectivity index (χ4v) is 2.43. The minimum absolute atomic E-state index is 0.0347. The summed E-state index contributed by atoms with van der Waals surface area (Å²) >= 11 is 23.4. The first-order chi connectivity index (χ1) is 10.8. The summed E-state index contributed by atoms with van der Waals surface area (Å²) in [7, 11) is 0. The third-order valence-corrected chi connectivity index (χ3v) is 4.05. The molecule has 0 spiro atoms. The van der Waals surface area contributed by atoms with Gasteiger partial charge in [-0.05, 0) is 12.1 Å². The smallest absolute Gasteiger partial charge is 0.356 e. The van der Waals surface area contributed by atoms with Gasteiger partial charge in [-0.1, -0.05) is 52.5 Å². The lowest BCUT2D eigenvalue weighted by Gasteiger charge is -2.09. The first-order valence-corrected chi connectivity index (χ1v) is 7.35. The molecule has 0 fully saturated rings. The number of carbonyl (C=O) groups is 1. The van der Waals surface area contributed by atoms with Crippen LogP contribution < -0.4 is 5.43 Å². The Hall–Kier alpha value is -1.60. The monoisotopic (exact) mass is 395 g/mol. The normalized spacial score (nSPS) is 11.0. The summed E-state index contributed by atoms with van der Waals surface area (Å²) in [4.78, 5) is 14.6. The van der Waals surface area contributed by atoms with E-state index < -0.39 is 17.5 Å². The van der Waals surface area contributed by atoms with Crippen LogP contribution in [0.2, 0.25) is 20.2 Å². The molecule has 120 valence electrons. The Morgan fingerprint density at radius 1 is 1.26 bits per heavy atom. The minimum Gasteiger partial charge on any atom is -0.476 e. The average Bonchev–Trinajstić information content (AvgIpc) is 2.48. The summed E-state index contributed by atoms with van der Waals surface area (Å²) in [6, 6.07) is 4.13. The van der Waals surface area contributed by atoms with E-state index in [1.807, 2.05) is 0 Å². The zero-order valence-corrected chi connectivity index (χ0v) is 14.0. The van der Waals surface area contributed by atoms with Gasteiger partial charge in [-0.3, -0.25) is 5.43 Å². The number of hydrazone groups is 1. The molecule has 0 amide bonds. The maximum Gasteiger partial charge on any atom is 0.356 e. The van der Waals surface area contributed by atoms with Gasteiger partial charge < -0.3 is 5.11 Å². The third kappa shape index (κ3) is 3.84. The van der Waals surface area contributed by atoms with Crippen LogP contribution in [-0.2, 0) is 0 Å². The maximum atomic E-state index is 13.6. The zero-order valence-electron chi connectivity index (χ0n) is 10.9. The van der Waals surface area contributed by atoms with Crippen molar-refractivity contribution in [2.24, 2.45) is 5.10 Å². The van der Waals surface area contributed by atoms with Crippen LogP contribution in [0, 0.1) is 5.82 Å². The van der Waals surface area contributed by atoms with Gasteiger partial charge in [-0.2, -0.15) is 5.10 Å². The van der Waals surface area contributed by atoms with Crippen molar-refractivity contribution in [1.82, 2.24) is 4.98 Å². The summed E-state index contributed by atoms with van der Waals surface area (Å²) < 4.78 is 13.6. The predicted molar refractivity (Wildman–Crippen MR) is 88.9 cm³/mol.